The van der Waals surface area contributed by atoms with Crippen LogP contribution in [0.25, 0.3) is 0 Å². The van der Waals surface area contributed by atoms with Crippen LogP contribution in [0.2, 0.25) is 0 Å². The van der Waals surface area contributed by atoms with Gasteiger partial charge in [-0.15, -0.1) is 0 Å². The minimum Gasteiger partial charge on any atom is -0.504 e. The molecule has 0 amide bonds. The zero-order valence-corrected chi connectivity index (χ0v) is 11.3. The van der Waals surface area contributed by atoms with Gasteiger partial charge in [-0.3, -0.25) is 0 Å². The van der Waals surface area contributed by atoms with Gasteiger partial charge in [-0.25, -0.2) is 0 Å². The summed E-state index contributed by atoms with van der Waals surface area (Å²) >= 11 is 0. The molecule has 0 spiro atoms. The third-order valence-corrected chi connectivity index (χ3v) is 4.01. The molecule has 2 aromatic carbocycles. The van der Waals surface area contributed by atoms with Gasteiger partial charge < -0.3 is 15.5 Å². The summed E-state index contributed by atoms with van der Waals surface area (Å²) in [7, 11) is 0. The SMILES string of the molecule is Oc1ccc2c(c1O)CCC(NCc1ccccc1)C2. The van der Waals surface area contributed by atoms with Crippen LogP contribution in [0.3, 0.4) is 0 Å². The number of benzene rings is 2. The van der Waals surface area contributed by atoms with Crippen LogP contribution in [0.5, 0.6) is 11.5 Å². The fourth-order valence-corrected chi connectivity index (χ4v) is 2.85. The number of rotatable bonds is 3. The average Bonchev–Trinajstić information content (AvgIpc) is 2.50. The molecule has 0 aromatic heterocycles. The van der Waals surface area contributed by atoms with Gasteiger partial charge in [-0.05, 0) is 36.5 Å². The Morgan fingerprint density at radius 2 is 1.85 bits per heavy atom. The number of hydrogen-bond acceptors (Lipinski definition) is 3. The molecule has 0 heterocycles. The van der Waals surface area contributed by atoms with E-state index < -0.39 is 0 Å². The number of phenolic OH excluding ortho intramolecular Hbond substituents is 2. The Bertz CT molecular complexity index is 595. The molecule has 1 aliphatic rings. The van der Waals surface area contributed by atoms with E-state index in [1.54, 1.807) is 6.07 Å². The molecule has 0 aliphatic heterocycles. The van der Waals surface area contributed by atoms with Crippen molar-refractivity contribution in [3.63, 3.8) is 0 Å². The molecule has 0 saturated carbocycles. The standard InChI is InChI=1S/C17H19NO2/c19-16-9-6-13-10-14(7-8-15(13)17(16)20)18-11-12-4-2-1-3-5-12/h1-6,9,14,18-20H,7-8,10-11H2. The number of fused-ring (bicyclic) bond motifs is 1. The number of nitrogens with one attached hydrogen (secondary N) is 1. The summed E-state index contributed by atoms with van der Waals surface area (Å²) < 4.78 is 0. The predicted molar refractivity (Wildman–Crippen MR) is 78.9 cm³/mol. The van der Waals surface area contributed by atoms with E-state index in [0.29, 0.717) is 6.04 Å². The Labute approximate surface area is 118 Å². The van der Waals surface area contributed by atoms with Gasteiger partial charge in [0.2, 0.25) is 0 Å². The highest BCUT2D eigenvalue weighted by molar-refractivity contribution is 5.50. The first-order chi connectivity index (χ1) is 9.74. The molecule has 3 N–H and O–H groups in total. The van der Waals surface area contributed by atoms with Crippen LogP contribution in [-0.4, -0.2) is 16.3 Å². The van der Waals surface area contributed by atoms with Gasteiger partial charge >= 0.3 is 0 Å². The van der Waals surface area contributed by atoms with Gasteiger partial charge in [-0.1, -0.05) is 36.4 Å². The van der Waals surface area contributed by atoms with Crippen LogP contribution in [0.1, 0.15) is 23.1 Å². The van der Waals surface area contributed by atoms with Crippen molar-refractivity contribution >= 4 is 0 Å². The predicted octanol–water partition coefficient (Wildman–Crippen LogP) is 2.74. The second-order valence-electron chi connectivity index (χ2n) is 5.38. The summed E-state index contributed by atoms with van der Waals surface area (Å²) in [6, 6.07) is 14.3. The van der Waals surface area contributed by atoms with Gasteiger partial charge in [0.05, 0.1) is 0 Å². The summed E-state index contributed by atoms with van der Waals surface area (Å²) in [5, 5.41) is 23.0. The Balaban J connectivity index is 1.66. The third-order valence-electron chi connectivity index (χ3n) is 4.01. The van der Waals surface area contributed by atoms with Gasteiger partial charge in [0.1, 0.15) is 0 Å². The highest BCUT2D eigenvalue weighted by Crippen LogP contribution is 2.35. The van der Waals surface area contributed by atoms with E-state index in [1.165, 1.54) is 5.56 Å². The fourth-order valence-electron chi connectivity index (χ4n) is 2.85. The van der Waals surface area contributed by atoms with Crippen LogP contribution in [0, 0.1) is 0 Å². The van der Waals surface area contributed by atoms with Crippen LogP contribution in [0.4, 0.5) is 0 Å². The maximum Gasteiger partial charge on any atom is 0.160 e. The van der Waals surface area contributed by atoms with E-state index in [4.69, 9.17) is 0 Å². The highest BCUT2D eigenvalue weighted by Gasteiger charge is 2.21. The average molecular weight is 269 g/mol. The normalized spacial score (nSPS) is 17.7. The Kier molecular flexibility index (Phi) is 3.61. The lowest BCUT2D eigenvalue weighted by atomic mass is 9.87. The maximum atomic E-state index is 9.87. The molecule has 104 valence electrons. The van der Waals surface area contributed by atoms with Crippen LogP contribution in [-0.2, 0) is 19.4 Å². The van der Waals surface area contributed by atoms with E-state index in [1.807, 2.05) is 24.3 Å². The van der Waals surface area contributed by atoms with Gasteiger partial charge in [-0.2, -0.15) is 0 Å². The van der Waals surface area contributed by atoms with E-state index in [-0.39, 0.29) is 11.5 Å². The summed E-state index contributed by atoms with van der Waals surface area (Å²) in [4.78, 5) is 0. The zero-order valence-electron chi connectivity index (χ0n) is 11.3. The van der Waals surface area contributed by atoms with Crippen LogP contribution < -0.4 is 5.32 Å². The van der Waals surface area contributed by atoms with Gasteiger partial charge in [0.15, 0.2) is 11.5 Å². The minimum atomic E-state index is -0.0144. The lowest BCUT2D eigenvalue weighted by Gasteiger charge is -2.26. The Morgan fingerprint density at radius 3 is 2.65 bits per heavy atom. The molecule has 3 nitrogen and oxygen atoms in total. The van der Waals surface area contributed by atoms with Gasteiger partial charge in [0.25, 0.3) is 0 Å². The maximum absolute atomic E-state index is 9.87. The van der Waals surface area contributed by atoms with E-state index in [2.05, 4.69) is 17.4 Å². The Morgan fingerprint density at radius 1 is 1.05 bits per heavy atom. The van der Waals surface area contributed by atoms with Crippen LogP contribution in [0.15, 0.2) is 42.5 Å². The van der Waals surface area contributed by atoms with Crippen molar-refractivity contribution in [2.24, 2.45) is 0 Å². The topological polar surface area (TPSA) is 52.5 Å². The minimum absolute atomic E-state index is 0.0144. The summed E-state index contributed by atoms with van der Waals surface area (Å²) in [5.74, 6) is 0.0449. The first-order valence-corrected chi connectivity index (χ1v) is 7.04. The zero-order chi connectivity index (χ0) is 13.9. The first-order valence-electron chi connectivity index (χ1n) is 7.04. The van der Waals surface area contributed by atoms with Crippen molar-refractivity contribution in [1.82, 2.24) is 5.32 Å². The smallest absolute Gasteiger partial charge is 0.160 e. The lowest BCUT2D eigenvalue weighted by Crippen LogP contribution is -2.34. The van der Waals surface area contributed by atoms with Crippen molar-refractivity contribution in [3.05, 3.63) is 59.2 Å². The molecule has 0 bridgehead atoms. The molecular weight excluding hydrogens is 250 g/mol. The molecule has 0 fully saturated rings. The van der Waals surface area contributed by atoms with Crippen molar-refractivity contribution in [2.45, 2.75) is 31.8 Å². The van der Waals surface area contributed by atoms with E-state index >= 15 is 0 Å². The van der Waals surface area contributed by atoms with Crippen LogP contribution >= 0.6 is 0 Å². The molecule has 0 radical (unpaired) electrons. The van der Waals surface area contributed by atoms with Crippen molar-refractivity contribution < 1.29 is 10.2 Å². The molecular formula is C17H19NO2. The molecule has 1 aliphatic carbocycles. The second-order valence-corrected chi connectivity index (χ2v) is 5.38. The van der Waals surface area contributed by atoms with Crippen molar-refractivity contribution in [1.29, 1.82) is 0 Å². The molecule has 20 heavy (non-hydrogen) atoms. The molecule has 1 unspecified atom stereocenters. The monoisotopic (exact) mass is 269 g/mol. The molecule has 3 rings (SSSR count). The second kappa shape index (κ2) is 5.55. The number of phenols is 2. The van der Waals surface area contributed by atoms with E-state index in [0.717, 1.165) is 36.9 Å². The third kappa shape index (κ3) is 2.63. The molecule has 0 saturated heterocycles. The van der Waals surface area contributed by atoms with E-state index in [9.17, 15) is 10.2 Å². The summed E-state index contributed by atoms with van der Waals surface area (Å²) in [5.41, 5.74) is 3.33. The lowest BCUT2D eigenvalue weighted by molar-refractivity contribution is 0.388. The largest absolute Gasteiger partial charge is 0.504 e. The van der Waals surface area contributed by atoms with Crippen molar-refractivity contribution in [2.75, 3.05) is 0 Å². The van der Waals surface area contributed by atoms with Gasteiger partial charge in [0, 0.05) is 18.2 Å². The number of aromatic hydroxyl groups is 2. The quantitative estimate of drug-likeness (QED) is 0.751. The fraction of sp³-hybridized carbons (Fsp3) is 0.294. The van der Waals surface area contributed by atoms with Crippen molar-refractivity contribution in [3.8, 4) is 11.5 Å². The molecule has 2 aromatic rings. The first kappa shape index (κ1) is 13.0. The summed E-state index contributed by atoms with van der Waals surface area (Å²) in [6.45, 7) is 0.866. The highest BCUT2D eigenvalue weighted by atomic mass is 16.3. The molecule has 1 atom stereocenters. The Hall–Kier alpha value is -2.00. The summed E-state index contributed by atoms with van der Waals surface area (Å²) in [6.07, 6.45) is 2.69. The molecule has 3 heteroatoms. The number of hydrogen-bond donors (Lipinski definition) is 3.